The van der Waals surface area contributed by atoms with Crippen LogP contribution in [0.2, 0.25) is 0 Å². The second kappa shape index (κ2) is 6.78. The van der Waals surface area contributed by atoms with Crippen molar-refractivity contribution in [1.29, 1.82) is 0 Å². The van der Waals surface area contributed by atoms with Crippen LogP contribution in [0.15, 0.2) is 24.3 Å². The zero-order valence-electron chi connectivity index (χ0n) is 13.0. The maximum Gasteiger partial charge on any atom is 0.223 e. The summed E-state index contributed by atoms with van der Waals surface area (Å²) < 4.78 is 13.3. The van der Waals surface area contributed by atoms with Gasteiger partial charge in [-0.3, -0.25) is 4.79 Å². The average Bonchev–Trinajstić information content (AvgIpc) is 3.09. The average molecular weight is 304 g/mol. The lowest BCUT2D eigenvalue weighted by molar-refractivity contribution is -0.133. The third kappa shape index (κ3) is 3.49. The SMILES string of the molecule is N[C@@H]1CCC[C@H]1CC(=O)N1CCCC1Cc1cccc(F)c1. The number of amides is 1. The van der Waals surface area contributed by atoms with Gasteiger partial charge in [-0.05, 0) is 55.7 Å². The summed E-state index contributed by atoms with van der Waals surface area (Å²) in [5.74, 6) is 0.384. The Hall–Kier alpha value is -1.42. The molecule has 0 radical (unpaired) electrons. The first-order valence-electron chi connectivity index (χ1n) is 8.43. The largest absolute Gasteiger partial charge is 0.339 e. The van der Waals surface area contributed by atoms with E-state index in [1.807, 2.05) is 11.0 Å². The number of halogens is 1. The highest BCUT2D eigenvalue weighted by Crippen LogP contribution is 2.29. The van der Waals surface area contributed by atoms with E-state index in [4.69, 9.17) is 5.73 Å². The Bertz CT molecular complexity index is 534. The van der Waals surface area contributed by atoms with Crippen molar-refractivity contribution >= 4 is 5.91 Å². The van der Waals surface area contributed by atoms with E-state index in [2.05, 4.69) is 0 Å². The predicted octanol–water partition coefficient (Wildman–Crippen LogP) is 2.88. The molecule has 0 spiro atoms. The van der Waals surface area contributed by atoms with E-state index in [-0.39, 0.29) is 23.8 Å². The number of nitrogens with zero attached hydrogens (tertiary/aromatic N) is 1. The Labute approximate surface area is 131 Å². The molecule has 3 rings (SSSR count). The van der Waals surface area contributed by atoms with Gasteiger partial charge in [-0.2, -0.15) is 0 Å². The second-order valence-electron chi connectivity index (χ2n) is 6.78. The van der Waals surface area contributed by atoms with Crippen LogP contribution in [0.1, 0.15) is 44.1 Å². The molecule has 22 heavy (non-hydrogen) atoms. The molecular formula is C18H25FN2O. The Balaban J connectivity index is 1.61. The van der Waals surface area contributed by atoms with Crippen LogP contribution in [0.5, 0.6) is 0 Å². The van der Waals surface area contributed by atoms with Crippen LogP contribution in [0.25, 0.3) is 0 Å². The minimum atomic E-state index is -0.203. The molecule has 120 valence electrons. The highest BCUT2D eigenvalue weighted by atomic mass is 19.1. The molecule has 2 fully saturated rings. The Morgan fingerprint density at radius 3 is 2.86 bits per heavy atom. The molecule has 1 aliphatic heterocycles. The lowest BCUT2D eigenvalue weighted by Crippen LogP contribution is -2.39. The number of carbonyl (C=O) groups excluding carboxylic acids is 1. The molecule has 0 bridgehead atoms. The van der Waals surface area contributed by atoms with Crippen LogP contribution in [0.3, 0.4) is 0 Å². The monoisotopic (exact) mass is 304 g/mol. The fraction of sp³-hybridized carbons (Fsp3) is 0.611. The van der Waals surface area contributed by atoms with Crippen LogP contribution in [-0.4, -0.2) is 29.4 Å². The van der Waals surface area contributed by atoms with E-state index >= 15 is 0 Å². The number of carbonyl (C=O) groups is 1. The Morgan fingerprint density at radius 2 is 2.14 bits per heavy atom. The van der Waals surface area contributed by atoms with Crippen molar-refractivity contribution in [3.63, 3.8) is 0 Å². The maximum absolute atomic E-state index is 13.3. The molecule has 0 aromatic heterocycles. The number of likely N-dealkylation sites (tertiary alicyclic amines) is 1. The first-order valence-corrected chi connectivity index (χ1v) is 8.43. The molecule has 1 saturated carbocycles. The Kier molecular flexibility index (Phi) is 4.77. The van der Waals surface area contributed by atoms with Gasteiger partial charge in [0.1, 0.15) is 5.82 Å². The summed E-state index contributed by atoms with van der Waals surface area (Å²) in [5, 5.41) is 0. The van der Waals surface area contributed by atoms with Gasteiger partial charge in [-0.15, -0.1) is 0 Å². The van der Waals surface area contributed by atoms with E-state index in [0.717, 1.165) is 50.6 Å². The van der Waals surface area contributed by atoms with Crippen LogP contribution in [-0.2, 0) is 11.2 Å². The summed E-state index contributed by atoms with van der Waals surface area (Å²) >= 11 is 0. The molecule has 4 heteroatoms. The van der Waals surface area contributed by atoms with Crippen LogP contribution in [0.4, 0.5) is 4.39 Å². The van der Waals surface area contributed by atoms with Crippen molar-refractivity contribution < 1.29 is 9.18 Å². The third-order valence-corrected chi connectivity index (χ3v) is 5.21. The van der Waals surface area contributed by atoms with Gasteiger partial charge >= 0.3 is 0 Å². The van der Waals surface area contributed by atoms with Crippen LogP contribution in [0, 0.1) is 11.7 Å². The van der Waals surface area contributed by atoms with Gasteiger partial charge in [0.25, 0.3) is 0 Å². The van der Waals surface area contributed by atoms with Crippen molar-refractivity contribution in [3.05, 3.63) is 35.6 Å². The van der Waals surface area contributed by atoms with Crippen molar-refractivity contribution in [2.24, 2.45) is 11.7 Å². The van der Waals surface area contributed by atoms with E-state index in [9.17, 15) is 9.18 Å². The maximum atomic E-state index is 13.3. The fourth-order valence-electron chi connectivity index (χ4n) is 3.97. The molecule has 1 aromatic rings. The fourth-order valence-corrected chi connectivity index (χ4v) is 3.97. The van der Waals surface area contributed by atoms with Crippen molar-refractivity contribution in [2.75, 3.05) is 6.54 Å². The van der Waals surface area contributed by atoms with E-state index in [0.29, 0.717) is 12.3 Å². The molecule has 1 heterocycles. The second-order valence-corrected chi connectivity index (χ2v) is 6.78. The molecule has 2 aliphatic rings. The molecule has 1 aliphatic carbocycles. The predicted molar refractivity (Wildman–Crippen MR) is 84.8 cm³/mol. The first kappa shape index (κ1) is 15.5. The molecule has 1 amide bonds. The molecule has 2 N–H and O–H groups in total. The molecule has 3 atom stereocenters. The number of benzene rings is 1. The van der Waals surface area contributed by atoms with Crippen molar-refractivity contribution in [2.45, 2.75) is 57.0 Å². The van der Waals surface area contributed by atoms with E-state index in [1.165, 1.54) is 6.07 Å². The molecule has 1 unspecified atom stereocenters. The molecular weight excluding hydrogens is 279 g/mol. The van der Waals surface area contributed by atoms with Crippen molar-refractivity contribution in [1.82, 2.24) is 4.90 Å². The van der Waals surface area contributed by atoms with Crippen molar-refractivity contribution in [3.8, 4) is 0 Å². The third-order valence-electron chi connectivity index (χ3n) is 5.21. The lowest BCUT2D eigenvalue weighted by atomic mass is 9.98. The standard InChI is InChI=1S/C18H25FN2O/c19-15-6-1-4-13(10-15)11-16-7-3-9-21(16)18(22)12-14-5-2-8-17(14)20/h1,4,6,10,14,16-17H,2-3,5,7-9,11-12,20H2/t14-,16?,17+/m0/s1. The minimum absolute atomic E-state index is 0.188. The lowest BCUT2D eigenvalue weighted by Gasteiger charge is -2.27. The molecule has 3 nitrogen and oxygen atoms in total. The summed E-state index contributed by atoms with van der Waals surface area (Å²) in [6.07, 6.45) is 6.66. The van der Waals surface area contributed by atoms with Gasteiger partial charge in [-0.25, -0.2) is 4.39 Å². The quantitative estimate of drug-likeness (QED) is 0.929. The van der Waals surface area contributed by atoms with Gasteiger partial charge < -0.3 is 10.6 Å². The Morgan fingerprint density at radius 1 is 1.27 bits per heavy atom. The molecule has 1 saturated heterocycles. The number of hydrogen-bond donors (Lipinski definition) is 1. The van der Waals surface area contributed by atoms with Gasteiger partial charge in [0, 0.05) is 25.0 Å². The number of rotatable bonds is 4. The summed E-state index contributed by atoms with van der Waals surface area (Å²) in [5.41, 5.74) is 7.06. The van der Waals surface area contributed by atoms with Gasteiger partial charge in [0.15, 0.2) is 0 Å². The highest BCUT2D eigenvalue weighted by Gasteiger charge is 2.32. The molecule has 1 aromatic carbocycles. The zero-order chi connectivity index (χ0) is 15.5. The van der Waals surface area contributed by atoms with Gasteiger partial charge in [-0.1, -0.05) is 18.6 Å². The van der Waals surface area contributed by atoms with Crippen LogP contribution < -0.4 is 5.73 Å². The van der Waals surface area contributed by atoms with E-state index in [1.54, 1.807) is 12.1 Å². The summed E-state index contributed by atoms with van der Waals surface area (Å²) in [7, 11) is 0. The normalized spacial score (nSPS) is 28.3. The number of nitrogens with two attached hydrogens (primary N) is 1. The number of hydrogen-bond acceptors (Lipinski definition) is 2. The van der Waals surface area contributed by atoms with Crippen LogP contribution >= 0.6 is 0 Å². The summed E-state index contributed by atoms with van der Waals surface area (Å²) in [6, 6.07) is 7.12. The zero-order valence-corrected chi connectivity index (χ0v) is 13.0. The smallest absolute Gasteiger partial charge is 0.223 e. The minimum Gasteiger partial charge on any atom is -0.339 e. The summed E-state index contributed by atoms with van der Waals surface area (Å²) in [6.45, 7) is 0.834. The van der Waals surface area contributed by atoms with Gasteiger partial charge in [0.05, 0.1) is 0 Å². The summed E-state index contributed by atoms with van der Waals surface area (Å²) in [4.78, 5) is 14.6. The van der Waals surface area contributed by atoms with E-state index < -0.39 is 0 Å². The topological polar surface area (TPSA) is 46.3 Å². The first-order chi connectivity index (χ1) is 10.6. The highest BCUT2D eigenvalue weighted by molar-refractivity contribution is 5.77. The van der Waals surface area contributed by atoms with Gasteiger partial charge in [0.2, 0.25) is 5.91 Å².